The summed E-state index contributed by atoms with van der Waals surface area (Å²) in [6, 6.07) is 7.11. The number of hydrogen-bond acceptors (Lipinski definition) is 5. The SMILES string of the molecule is CCCOc1cc2sc3cc(OCCC)c(O)cc3c2cc1O. The monoisotopic (exact) mass is 332 g/mol. The third kappa shape index (κ3) is 3.01. The minimum absolute atomic E-state index is 0.122. The zero-order chi connectivity index (χ0) is 16.4. The Morgan fingerprint density at radius 2 is 1.22 bits per heavy atom. The number of rotatable bonds is 6. The van der Waals surface area contributed by atoms with Crippen molar-refractivity contribution < 1.29 is 19.7 Å². The van der Waals surface area contributed by atoms with E-state index < -0.39 is 0 Å². The predicted molar refractivity (Wildman–Crippen MR) is 94.2 cm³/mol. The van der Waals surface area contributed by atoms with Crippen LogP contribution in [0.15, 0.2) is 24.3 Å². The Bertz CT molecular complexity index is 770. The molecule has 0 unspecified atom stereocenters. The first-order valence-electron chi connectivity index (χ1n) is 7.81. The lowest BCUT2D eigenvalue weighted by atomic mass is 10.1. The van der Waals surface area contributed by atoms with Crippen molar-refractivity contribution in [3.05, 3.63) is 24.3 Å². The quantitative estimate of drug-likeness (QED) is 0.663. The highest BCUT2D eigenvalue weighted by atomic mass is 32.1. The number of phenolic OH excluding ortho intramolecular Hbond substituents is 2. The standard InChI is InChI=1S/C18H20O4S/c1-3-5-21-15-9-17-11(7-13(15)19)12-8-14(20)16(22-6-4-2)10-18(12)23-17/h7-10,19-20H,3-6H2,1-2H3. The van der Waals surface area contributed by atoms with Gasteiger partial charge in [-0.25, -0.2) is 0 Å². The summed E-state index contributed by atoms with van der Waals surface area (Å²) in [4.78, 5) is 0. The van der Waals surface area contributed by atoms with Crippen molar-refractivity contribution in [2.24, 2.45) is 0 Å². The molecule has 0 amide bonds. The van der Waals surface area contributed by atoms with Crippen LogP contribution in [-0.4, -0.2) is 23.4 Å². The molecular weight excluding hydrogens is 312 g/mol. The average molecular weight is 332 g/mol. The molecule has 0 aliphatic carbocycles. The fourth-order valence-corrected chi connectivity index (χ4v) is 3.59. The van der Waals surface area contributed by atoms with Crippen LogP contribution in [0.1, 0.15) is 26.7 Å². The van der Waals surface area contributed by atoms with Gasteiger partial charge in [-0.05, 0) is 25.0 Å². The van der Waals surface area contributed by atoms with E-state index >= 15 is 0 Å². The first-order valence-corrected chi connectivity index (χ1v) is 8.63. The third-order valence-electron chi connectivity index (χ3n) is 3.56. The van der Waals surface area contributed by atoms with Gasteiger partial charge < -0.3 is 19.7 Å². The van der Waals surface area contributed by atoms with E-state index in [0.717, 1.165) is 33.0 Å². The van der Waals surface area contributed by atoms with Crippen LogP contribution in [0.5, 0.6) is 23.0 Å². The van der Waals surface area contributed by atoms with E-state index in [0.29, 0.717) is 24.7 Å². The summed E-state index contributed by atoms with van der Waals surface area (Å²) in [7, 11) is 0. The lowest BCUT2D eigenvalue weighted by Crippen LogP contribution is -1.95. The number of hydrogen-bond donors (Lipinski definition) is 2. The minimum atomic E-state index is 0.122. The molecular formula is C18H20O4S. The molecule has 0 radical (unpaired) electrons. The Balaban J connectivity index is 2.10. The van der Waals surface area contributed by atoms with Gasteiger partial charge in [-0.3, -0.25) is 0 Å². The number of thiophene rings is 1. The Morgan fingerprint density at radius 1 is 0.783 bits per heavy atom. The van der Waals surface area contributed by atoms with Gasteiger partial charge in [0.15, 0.2) is 23.0 Å². The molecule has 3 aromatic rings. The van der Waals surface area contributed by atoms with Crippen molar-refractivity contribution in [2.75, 3.05) is 13.2 Å². The summed E-state index contributed by atoms with van der Waals surface area (Å²) < 4.78 is 13.2. The van der Waals surface area contributed by atoms with Gasteiger partial charge in [0, 0.05) is 32.3 Å². The lowest BCUT2D eigenvalue weighted by Gasteiger charge is -2.07. The second kappa shape index (κ2) is 6.54. The van der Waals surface area contributed by atoms with Crippen LogP contribution in [0.2, 0.25) is 0 Å². The molecule has 1 aromatic heterocycles. The molecule has 0 aliphatic heterocycles. The topological polar surface area (TPSA) is 58.9 Å². The summed E-state index contributed by atoms with van der Waals surface area (Å²) in [5.41, 5.74) is 0. The van der Waals surface area contributed by atoms with E-state index in [9.17, 15) is 10.2 Å². The Labute approximate surface area is 138 Å². The van der Waals surface area contributed by atoms with Crippen molar-refractivity contribution >= 4 is 31.5 Å². The van der Waals surface area contributed by atoms with E-state index in [1.54, 1.807) is 23.5 Å². The maximum absolute atomic E-state index is 10.1. The van der Waals surface area contributed by atoms with E-state index in [2.05, 4.69) is 0 Å². The van der Waals surface area contributed by atoms with Gasteiger partial charge in [0.1, 0.15) is 0 Å². The van der Waals surface area contributed by atoms with Crippen molar-refractivity contribution in [1.29, 1.82) is 0 Å². The Hall–Kier alpha value is -2.14. The fraction of sp³-hybridized carbons (Fsp3) is 0.333. The summed E-state index contributed by atoms with van der Waals surface area (Å²) >= 11 is 1.59. The minimum Gasteiger partial charge on any atom is -0.504 e. The second-order valence-electron chi connectivity index (χ2n) is 5.43. The molecule has 5 heteroatoms. The summed E-state index contributed by atoms with van der Waals surface area (Å²) in [6.07, 6.45) is 1.77. The van der Waals surface area contributed by atoms with Crippen LogP contribution in [0.25, 0.3) is 20.2 Å². The highest BCUT2D eigenvalue weighted by molar-refractivity contribution is 7.25. The molecule has 122 valence electrons. The molecule has 0 fully saturated rings. The molecule has 0 bridgehead atoms. The van der Waals surface area contributed by atoms with Gasteiger partial charge >= 0.3 is 0 Å². The Morgan fingerprint density at radius 3 is 1.61 bits per heavy atom. The average Bonchev–Trinajstić information content (AvgIpc) is 2.87. The van der Waals surface area contributed by atoms with Crippen molar-refractivity contribution in [3.63, 3.8) is 0 Å². The molecule has 3 rings (SSSR count). The molecule has 0 aliphatic rings. The predicted octanol–water partition coefficient (Wildman–Crippen LogP) is 5.04. The van der Waals surface area contributed by atoms with Gasteiger partial charge in [-0.2, -0.15) is 0 Å². The lowest BCUT2D eigenvalue weighted by molar-refractivity contribution is 0.300. The zero-order valence-electron chi connectivity index (χ0n) is 13.3. The van der Waals surface area contributed by atoms with Crippen molar-refractivity contribution in [3.8, 4) is 23.0 Å². The maximum atomic E-state index is 10.1. The number of benzene rings is 2. The highest BCUT2D eigenvalue weighted by Gasteiger charge is 2.14. The Kier molecular flexibility index (Phi) is 4.48. The van der Waals surface area contributed by atoms with Gasteiger partial charge in [-0.15, -0.1) is 11.3 Å². The number of phenols is 2. The normalized spacial score (nSPS) is 11.2. The number of fused-ring (bicyclic) bond motifs is 3. The summed E-state index contributed by atoms with van der Waals surface area (Å²) in [5.74, 6) is 1.24. The first-order chi connectivity index (χ1) is 11.1. The maximum Gasteiger partial charge on any atom is 0.162 e. The molecule has 0 atom stereocenters. The van der Waals surface area contributed by atoms with Gasteiger partial charge in [0.2, 0.25) is 0 Å². The molecule has 2 N–H and O–H groups in total. The fourth-order valence-electron chi connectivity index (χ4n) is 2.46. The van der Waals surface area contributed by atoms with E-state index in [1.807, 2.05) is 26.0 Å². The van der Waals surface area contributed by atoms with E-state index in [-0.39, 0.29) is 11.5 Å². The zero-order valence-corrected chi connectivity index (χ0v) is 14.1. The van der Waals surface area contributed by atoms with E-state index in [4.69, 9.17) is 9.47 Å². The van der Waals surface area contributed by atoms with Crippen molar-refractivity contribution in [1.82, 2.24) is 0 Å². The highest BCUT2D eigenvalue weighted by Crippen LogP contribution is 2.43. The first kappa shape index (κ1) is 15.7. The van der Waals surface area contributed by atoms with Crippen molar-refractivity contribution in [2.45, 2.75) is 26.7 Å². The molecule has 0 spiro atoms. The van der Waals surface area contributed by atoms with Gasteiger partial charge in [0.05, 0.1) is 13.2 Å². The molecule has 4 nitrogen and oxygen atoms in total. The molecule has 1 heterocycles. The largest absolute Gasteiger partial charge is 0.504 e. The smallest absolute Gasteiger partial charge is 0.162 e. The van der Waals surface area contributed by atoms with Crippen LogP contribution in [-0.2, 0) is 0 Å². The third-order valence-corrected chi connectivity index (χ3v) is 4.67. The molecule has 0 saturated heterocycles. The van der Waals surface area contributed by atoms with Gasteiger partial charge in [-0.1, -0.05) is 13.8 Å². The molecule has 2 aromatic carbocycles. The summed E-state index contributed by atoms with van der Waals surface area (Å²) in [5, 5.41) is 22.1. The molecule has 23 heavy (non-hydrogen) atoms. The van der Waals surface area contributed by atoms with Gasteiger partial charge in [0.25, 0.3) is 0 Å². The summed E-state index contributed by atoms with van der Waals surface area (Å²) in [6.45, 7) is 5.19. The molecule has 0 saturated carbocycles. The van der Waals surface area contributed by atoms with Crippen LogP contribution >= 0.6 is 11.3 Å². The van der Waals surface area contributed by atoms with Crippen LogP contribution in [0, 0.1) is 0 Å². The second-order valence-corrected chi connectivity index (χ2v) is 6.51. The van der Waals surface area contributed by atoms with E-state index in [1.165, 1.54) is 0 Å². The number of ether oxygens (including phenoxy) is 2. The number of aromatic hydroxyl groups is 2. The van der Waals surface area contributed by atoms with Crippen LogP contribution in [0.3, 0.4) is 0 Å². The van der Waals surface area contributed by atoms with Crippen LogP contribution in [0.4, 0.5) is 0 Å². The van der Waals surface area contributed by atoms with Crippen LogP contribution < -0.4 is 9.47 Å².